The number of halogens is 1. The smallest absolute Gasteiger partial charge is 0.255 e. The third-order valence-electron chi connectivity index (χ3n) is 3.91. The van der Waals surface area contributed by atoms with Gasteiger partial charge < -0.3 is 9.73 Å². The van der Waals surface area contributed by atoms with Gasteiger partial charge in [-0.15, -0.1) is 0 Å². The van der Waals surface area contributed by atoms with Crippen LogP contribution in [0.4, 0.5) is 5.69 Å². The van der Waals surface area contributed by atoms with E-state index in [0.717, 1.165) is 5.56 Å². The number of benzene rings is 2. The number of H-pyrrole nitrogens is 1. The number of aromatic amines is 1. The summed E-state index contributed by atoms with van der Waals surface area (Å²) in [7, 11) is 0. The number of rotatable bonds is 4. The molecule has 4 aromatic rings. The van der Waals surface area contributed by atoms with Gasteiger partial charge >= 0.3 is 0 Å². The van der Waals surface area contributed by atoms with Crippen molar-refractivity contribution in [3.05, 3.63) is 83.6 Å². The SMILES string of the molecule is O=C(Nc1c(-c2ccccc2)n[nH]c1-c1ccco1)c1cccc(Cl)c1. The van der Waals surface area contributed by atoms with Gasteiger partial charge in [0.2, 0.25) is 0 Å². The van der Waals surface area contributed by atoms with Crippen LogP contribution in [-0.2, 0) is 0 Å². The first-order valence-corrected chi connectivity index (χ1v) is 8.35. The van der Waals surface area contributed by atoms with E-state index in [2.05, 4.69) is 15.5 Å². The molecule has 0 aliphatic heterocycles. The molecule has 0 atom stereocenters. The Labute approximate surface area is 154 Å². The van der Waals surface area contributed by atoms with Crippen LogP contribution in [0.15, 0.2) is 77.4 Å². The summed E-state index contributed by atoms with van der Waals surface area (Å²) in [6.45, 7) is 0. The first-order valence-electron chi connectivity index (χ1n) is 7.97. The van der Waals surface area contributed by atoms with E-state index in [4.69, 9.17) is 16.0 Å². The fourth-order valence-corrected chi connectivity index (χ4v) is 2.87. The molecule has 5 nitrogen and oxygen atoms in total. The van der Waals surface area contributed by atoms with Crippen LogP contribution in [0.2, 0.25) is 5.02 Å². The maximum absolute atomic E-state index is 12.7. The van der Waals surface area contributed by atoms with Gasteiger partial charge in [0.05, 0.1) is 12.0 Å². The van der Waals surface area contributed by atoms with E-state index in [0.29, 0.717) is 33.4 Å². The summed E-state index contributed by atoms with van der Waals surface area (Å²) >= 11 is 6.00. The second kappa shape index (κ2) is 6.90. The third kappa shape index (κ3) is 3.12. The zero-order chi connectivity index (χ0) is 17.9. The normalized spacial score (nSPS) is 10.7. The second-order valence-electron chi connectivity index (χ2n) is 5.63. The largest absolute Gasteiger partial charge is 0.463 e. The lowest BCUT2D eigenvalue weighted by Gasteiger charge is -2.08. The molecule has 2 aromatic heterocycles. The first kappa shape index (κ1) is 16.2. The van der Waals surface area contributed by atoms with Crippen molar-refractivity contribution in [2.75, 3.05) is 5.32 Å². The van der Waals surface area contributed by atoms with Crippen molar-refractivity contribution in [2.45, 2.75) is 0 Å². The Morgan fingerprint density at radius 3 is 2.62 bits per heavy atom. The Hall–Kier alpha value is -3.31. The molecule has 0 aliphatic carbocycles. The molecule has 0 saturated heterocycles. The van der Waals surface area contributed by atoms with Crippen molar-refractivity contribution in [1.82, 2.24) is 10.2 Å². The molecule has 0 unspecified atom stereocenters. The molecule has 2 heterocycles. The molecular weight excluding hydrogens is 350 g/mol. The van der Waals surface area contributed by atoms with Crippen LogP contribution in [0.1, 0.15) is 10.4 Å². The highest BCUT2D eigenvalue weighted by atomic mass is 35.5. The van der Waals surface area contributed by atoms with Gasteiger partial charge in [-0.2, -0.15) is 5.10 Å². The van der Waals surface area contributed by atoms with Gasteiger partial charge in [0.25, 0.3) is 5.91 Å². The molecule has 128 valence electrons. The van der Waals surface area contributed by atoms with E-state index in [-0.39, 0.29) is 5.91 Å². The molecule has 2 aromatic carbocycles. The summed E-state index contributed by atoms with van der Waals surface area (Å²) < 4.78 is 5.47. The van der Waals surface area contributed by atoms with Gasteiger partial charge in [0.15, 0.2) is 5.76 Å². The standard InChI is InChI=1S/C20H14ClN3O2/c21-15-9-4-8-14(12-15)20(25)22-19-17(13-6-2-1-3-7-13)23-24-18(19)16-10-5-11-26-16/h1-12H,(H,22,25)(H,23,24). The summed E-state index contributed by atoms with van der Waals surface area (Å²) in [5.74, 6) is 0.306. The van der Waals surface area contributed by atoms with Crippen LogP contribution in [0.5, 0.6) is 0 Å². The van der Waals surface area contributed by atoms with E-state index in [1.807, 2.05) is 30.3 Å². The molecule has 4 rings (SSSR count). The average Bonchev–Trinajstić information content (AvgIpc) is 3.32. The van der Waals surface area contributed by atoms with Gasteiger partial charge in [0.1, 0.15) is 11.4 Å². The molecular formula is C20H14ClN3O2. The van der Waals surface area contributed by atoms with Crippen LogP contribution in [-0.4, -0.2) is 16.1 Å². The van der Waals surface area contributed by atoms with Crippen LogP contribution in [0, 0.1) is 0 Å². The minimum atomic E-state index is -0.279. The molecule has 6 heteroatoms. The first-order chi connectivity index (χ1) is 12.7. The van der Waals surface area contributed by atoms with Crippen LogP contribution in [0.3, 0.4) is 0 Å². The topological polar surface area (TPSA) is 70.9 Å². The Morgan fingerprint density at radius 1 is 1.04 bits per heavy atom. The number of aromatic nitrogens is 2. The summed E-state index contributed by atoms with van der Waals surface area (Å²) in [5, 5.41) is 10.8. The number of amides is 1. The summed E-state index contributed by atoms with van der Waals surface area (Å²) in [6.07, 6.45) is 1.57. The number of nitrogens with zero attached hydrogens (tertiary/aromatic N) is 1. The van der Waals surface area contributed by atoms with Crippen molar-refractivity contribution < 1.29 is 9.21 Å². The van der Waals surface area contributed by atoms with Crippen molar-refractivity contribution in [3.63, 3.8) is 0 Å². The van der Waals surface area contributed by atoms with E-state index < -0.39 is 0 Å². The average molecular weight is 364 g/mol. The molecule has 0 bridgehead atoms. The molecule has 0 spiro atoms. The van der Waals surface area contributed by atoms with E-state index >= 15 is 0 Å². The van der Waals surface area contributed by atoms with Gasteiger partial charge in [-0.05, 0) is 30.3 Å². The molecule has 1 amide bonds. The Balaban J connectivity index is 1.78. The van der Waals surface area contributed by atoms with E-state index in [9.17, 15) is 4.79 Å². The van der Waals surface area contributed by atoms with Crippen molar-refractivity contribution in [1.29, 1.82) is 0 Å². The predicted octanol–water partition coefficient (Wildman–Crippen LogP) is 5.24. The Kier molecular flexibility index (Phi) is 4.29. The highest BCUT2D eigenvalue weighted by molar-refractivity contribution is 6.31. The quantitative estimate of drug-likeness (QED) is 0.520. The van der Waals surface area contributed by atoms with Crippen molar-refractivity contribution >= 4 is 23.2 Å². The van der Waals surface area contributed by atoms with E-state index in [1.54, 1.807) is 42.7 Å². The number of carbonyl (C=O) groups is 1. The zero-order valence-corrected chi connectivity index (χ0v) is 14.3. The molecule has 26 heavy (non-hydrogen) atoms. The lowest BCUT2D eigenvalue weighted by atomic mass is 10.1. The molecule has 0 aliphatic rings. The monoisotopic (exact) mass is 363 g/mol. The summed E-state index contributed by atoms with van der Waals surface area (Å²) in [5.41, 5.74) is 3.12. The van der Waals surface area contributed by atoms with Gasteiger partial charge in [-0.1, -0.05) is 48.0 Å². The maximum Gasteiger partial charge on any atom is 0.255 e. The Morgan fingerprint density at radius 2 is 1.88 bits per heavy atom. The molecule has 2 N–H and O–H groups in total. The number of hydrogen-bond acceptors (Lipinski definition) is 3. The maximum atomic E-state index is 12.7. The molecule has 0 radical (unpaired) electrons. The predicted molar refractivity (Wildman–Crippen MR) is 101 cm³/mol. The van der Waals surface area contributed by atoms with E-state index in [1.165, 1.54) is 0 Å². The summed E-state index contributed by atoms with van der Waals surface area (Å²) in [6, 6.07) is 20.0. The lowest BCUT2D eigenvalue weighted by Crippen LogP contribution is -2.12. The third-order valence-corrected chi connectivity index (χ3v) is 4.14. The number of carbonyl (C=O) groups excluding carboxylic acids is 1. The van der Waals surface area contributed by atoms with Crippen LogP contribution < -0.4 is 5.32 Å². The van der Waals surface area contributed by atoms with Gasteiger partial charge in [-0.3, -0.25) is 9.89 Å². The second-order valence-corrected chi connectivity index (χ2v) is 6.07. The van der Waals surface area contributed by atoms with Gasteiger partial charge in [-0.25, -0.2) is 0 Å². The lowest BCUT2D eigenvalue weighted by molar-refractivity contribution is 0.102. The fraction of sp³-hybridized carbons (Fsp3) is 0. The summed E-state index contributed by atoms with van der Waals surface area (Å²) in [4.78, 5) is 12.7. The Bertz CT molecular complexity index is 1040. The molecule has 0 saturated carbocycles. The van der Waals surface area contributed by atoms with Crippen molar-refractivity contribution in [3.8, 4) is 22.7 Å². The fourth-order valence-electron chi connectivity index (χ4n) is 2.68. The minimum absolute atomic E-state index is 0.279. The minimum Gasteiger partial charge on any atom is -0.463 e. The number of anilines is 1. The zero-order valence-electron chi connectivity index (χ0n) is 13.6. The molecule has 0 fully saturated rings. The number of nitrogens with one attached hydrogen (secondary N) is 2. The number of hydrogen-bond donors (Lipinski definition) is 2. The van der Waals surface area contributed by atoms with Crippen molar-refractivity contribution in [2.24, 2.45) is 0 Å². The highest BCUT2D eigenvalue weighted by Gasteiger charge is 2.20. The van der Waals surface area contributed by atoms with Gasteiger partial charge in [0, 0.05) is 16.1 Å². The van der Waals surface area contributed by atoms with Crippen LogP contribution in [0.25, 0.3) is 22.7 Å². The van der Waals surface area contributed by atoms with Crippen LogP contribution >= 0.6 is 11.6 Å². The number of furan rings is 1. The highest BCUT2D eigenvalue weighted by Crippen LogP contribution is 2.35.